The van der Waals surface area contributed by atoms with Crippen molar-refractivity contribution in [2.45, 2.75) is 13.5 Å². The Hall–Kier alpha value is -1.84. The fourth-order valence-electron chi connectivity index (χ4n) is 2.83. The number of hydrogen-bond donors (Lipinski definition) is 2. The monoisotopic (exact) mass is 458 g/mol. The standard InChI is InChI=1S/C17H23FN6.HI/c1-2-19-17(20-13-14-7-8-21-22-14)24-11-9-23(10-12-24)16-6-4-3-5-15(16)18;/h3-8H,2,9-13H2,1H3,(H,19,20)(H,21,22);1H. The summed E-state index contributed by atoms with van der Waals surface area (Å²) < 4.78 is 13.9. The second kappa shape index (κ2) is 9.59. The van der Waals surface area contributed by atoms with Gasteiger partial charge in [0.1, 0.15) is 5.82 Å². The van der Waals surface area contributed by atoms with Gasteiger partial charge in [0.2, 0.25) is 0 Å². The predicted octanol–water partition coefficient (Wildman–Crippen LogP) is 2.45. The summed E-state index contributed by atoms with van der Waals surface area (Å²) in [5, 5.41) is 10.2. The van der Waals surface area contributed by atoms with Gasteiger partial charge in [-0.1, -0.05) is 12.1 Å². The SMILES string of the molecule is CCNC(=NCc1ccn[nH]1)N1CCN(c2ccccc2F)CC1.I. The van der Waals surface area contributed by atoms with Crippen LogP contribution in [0.25, 0.3) is 0 Å². The number of piperazine rings is 1. The van der Waals surface area contributed by atoms with E-state index < -0.39 is 0 Å². The summed E-state index contributed by atoms with van der Waals surface area (Å²) in [4.78, 5) is 8.97. The van der Waals surface area contributed by atoms with E-state index in [1.807, 2.05) is 18.2 Å². The fraction of sp³-hybridized carbons (Fsp3) is 0.412. The molecular formula is C17H24FIN6. The zero-order chi connectivity index (χ0) is 16.8. The van der Waals surface area contributed by atoms with Crippen LogP contribution in [0.3, 0.4) is 0 Å². The van der Waals surface area contributed by atoms with Gasteiger partial charge in [0.15, 0.2) is 5.96 Å². The van der Waals surface area contributed by atoms with Gasteiger partial charge < -0.3 is 15.1 Å². The molecule has 0 aliphatic carbocycles. The third-order valence-corrected chi connectivity index (χ3v) is 4.06. The van der Waals surface area contributed by atoms with Gasteiger partial charge in [-0.05, 0) is 25.1 Å². The minimum Gasteiger partial charge on any atom is -0.366 e. The molecule has 25 heavy (non-hydrogen) atoms. The van der Waals surface area contributed by atoms with Crippen LogP contribution in [-0.2, 0) is 6.54 Å². The molecule has 1 aliphatic rings. The van der Waals surface area contributed by atoms with E-state index in [9.17, 15) is 4.39 Å². The average molecular weight is 458 g/mol. The lowest BCUT2D eigenvalue weighted by Gasteiger charge is -2.37. The summed E-state index contributed by atoms with van der Waals surface area (Å²) in [6, 6.07) is 8.87. The molecule has 1 saturated heterocycles. The molecular weight excluding hydrogens is 434 g/mol. The summed E-state index contributed by atoms with van der Waals surface area (Å²) in [6.07, 6.45) is 1.73. The van der Waals surface area contributed by atoms with Crippen molar-refractivity contribution < 1.29 is 4.39 Å². The molecule has 1 aromatic carbocycles. The third kappa shape index (κ3) is 5.07. The van der Waals surface area contributed by atoms with E-state index in [1.165, 1.54) is 6.07 Å². The number of nitrogens with zero attached hydrogens (tertiary/aromatic N) is 4. The first-order chi connectivity index (χ1) is 11.8. The van der Waals surface area contributed by atoms with Crippen LogP contribution in [0.5, 0.6) is 0 Å². The first kappa shape index (κ1) is 19.5. The fourth-order valence-corrected chi connectivity index (χ4v) is 2.83. The van der Waals surface area contributed by atoms with E-state index in [1.54, 1.807) is 12.3 Å². The molecule has 136 valence electrons. The van der Waals surface area contributed by atoms with Crippen LogP contribution in [0.15, 0.2) is 41.5 Å². The van der Waals surface area contributed by atoms with Gasteiger partial charge in [0.05, 0.1) is 17.9 Å². The number of benzene rings is 1. The molecule has 0 atom stereocenters. The van der Waals surface area contributed by atoms with Crippen molar-refractivity contribution in [1.29, 1.82) is 0 Å². The van der Waals surface area contributed by atoms with Crippen LogP contribution in [0, 0.1) is 5.82 Å². The van der Waals surface area contributed by atoms with Gasteiger partial charge in [-0.25, -0.2) is 9.38 Å². The zero-order valence-electron chi connectivity index (χ0n) is 14.3. The maximum atomic E-state index is 13.9. The molecule has 8 heteroatoms. The van der Waals surface area contributed by atoms with Crippen molar-refractivity contribution in [3.05, 3.63) is 48.0 Å². The zero-order valence-corrected chi connectivity index (χ0v) is 16.6. The molecule has 3 rings (SSSR count). The molecule has 1 aliphatic heterocycles. The quantitative estimate of drug-likeness (QED) is 0.420. The van der Waals surface area contributed by atoms with Crippen molar-refractivity contribution in [1.82, 2.24) is 20.4 Å². The molecule has 0 saturated carbocycles. The number of nitrogens with one attached hydrogen (secondary N) is 2. The number of hydrogen-bond acceptors (Lipinski definition) is 3. The van der Waals surface area contributed by atoms with Crippen LogP contribution in [0.2, 0.25) is 0 Å². The Bertz CT molecular complexity index is 668. The number of para-hydroxylation sites is 1. The highest BCUT2D eigenvalue weighted by molar-refractivity contribution is 14.0. The Morgan fingerprint density at radius 3 is 2.64 bits per heavy atom. The lowest BCUT2D eigenvalue weighted by atomic mass is 10.2. The number of aromatic nitrogens is 2. The van der Waals surface area contributed by atoms with Crippen molar-refractivity contribution in [3.63, 3.8) is 0 Å². The molecule has 2 heterocycles. The number of rotatable bonds is 4. The second-order valence-corrected chi connectivity index (χ2v) is 5.68. The Morgan fingerprint density at radius 1 is 1.24 bits per heavy atom. The molecule has 1 fully saturated rings. The van der Waals surface area contributed by atoms with Gasteiger partial charge in [-0.3, -0.25) is 5.10 Å². The van der Waals surface area contributed by atoms with Gasteiger partial charge in [-0.15, -0.1) is 24.0 Å². The van der Waals surface area contributed by atoms with Crippen molar-refractivity contribution in [2.24, 2.45) is 4.99 Å². The smallest absolute Gasteiger partial charge is 0.194 e. The molecule has 0 spiro atoms. The number of H-pyrrole nitrogens is 1. The second-order valence-electron chi connectivity index (χ2n) is 5.68. The number of halogens is 2. The van der Waals surface area contributed by atoms with Crippen LogP contribution in [0.4, 0.5) is 10.1 Å². The third-order valence-electron chi connectivity index (χ3n) is 4.06. The maximum Gasteiger partial charge on any atom is 0.194 e. The largest absolute Gasteiger partial charge is 0.366 e. The minimum absolute atomic E-state index is 0. The van der Waals surface area contributed by atoms with E-state index in [2.05, 4.69) is 37.2 Å². The maximum absolute atomic E-state index is 13.9. The average Bonchev–Trinajstić information content (AvgIpc) is 3.13. The highest BCUT2D eigenvalue weighted by atomic mass is 127. The van der Waals surface area contributed by atoms with Crippen LogP contribution < -0.4 is 10.2 Å². The van der Waals surface area contributed by atoms with E-state index in [-0.39, 0.29) is 29.8 Å². The first-order valence-corrected chi connectivity index (χ1v) is 8.29. The van der Waals surface area contributed by atoms with Gasteiger partial charge >= 0.3 is 0 Å². The van der Waals surface area contributed by atoms with E-state index in [4.69, 9.17) is 0 Å². The Labute approximate surface area is 164 Å². The Kier molecular flexibility index (Phi) is 7.48. The molecule has 0 amide bonds. The predicted molar refractivity (Wildman–Crippen MR) is 109 cm³/mol. The highest BCUT2D eigenvalue weighted by Crippen LogP contribution is 2.20. The van der Waals surface area contributed by atoms with E-state index >= 15 is 0 Å². The van der Waals surface area contributed by atoms with Crippen LogP contribution in [-0.4, -0.2) is 53.8 Å². The van der Waals surface area contributed by atoms with Crippen molar-refractivity contribution in [2.75, 3.05) is 37.6 Å². The molecule has 1 aromatic heterocycles. The summed E-state index contributed by atoms with van der Waals surface area (Å²) in [5.74, 6) is 0.728. The van der Waals surface area contributed by atoms with Crippen molar-refractivity contribution >= 4 is 35.6 Å². The number of anilines is 1. The molecule has 2 aromatic rings. The molecule has 0 bridgehead atoms. The summed E-state index contributed by atoms with van der Waals surface area (Å²) >= 11 is 0. The Balaban J connectivity index is 0.00000225. The molecule has 6 nitrogen and oxygen atoms in total. The van der Waals surface area contributed by atoms with Gasteiger partial charge in [-0.2, -0.15) is 5.10 Å². The Morgan fingerprint density at radius 2 is 2.00 bits per heavy atom. The van der Waals surface area contributed by atoms with E-state index in [0.717, 1.165) is 44.4 Å². The minimum atomic E-state index is -0.161. The van der Waals surface area contributed by atoms with Gasteiger partial charge in [0, 0.05) is 38.9 Å². The lowest BCUT2D eigenvalue weighted by molar-refractivity contribution is 0.370. The van der Waals surface area contributed by atoms with Crippen LogP contribution >= 0.6 is 24.0 Å². The van der Waals surface area contributed by atoms with Crippen molar-refractivity contribution in [3.8, 4) is 0 Å². The first-order valence-electron chi connectivity index (χ1n) is 8.29. The molecule has 0 radical (unpaired) electrons. The number of aliphatic imine (C=N–C) groups is 1. The summed E-state index contributed by atoms with van der Waals surface area (Å²) in [6.45, 7) is 6.60. The molecule has 2 N–H and O–H groups in total. The normalized spacial score (nSPS) is 15.0. The van der Waals surface area contributed by atoms with Gasteiger partial charge in [0.25, 0.3) is 0 Å². The highest BCUT2D eigenvalue weighted by Gasteiger charge is 2.21. The summed E-state index contributed by atoms with van der Waals surface area (Å²) in [7, 11) is 0. The number of aromatic amines is 1. The van der Waals surface area contributed by atoms with E-state index in [0.29, 0.717) is 12.2 Å². The number of guanidine groups is 1. The lowest BCUT2D eigenvalue weighted by Crippen LogP contribution is -2.52. The summed E-state index contributed by atoms with van der Waals surface area (Å²) in [5.41, 5.74) is 1.66. The molecule has 0 unspecified atom stereocenters. The van der Waals surface area contributed by atoms with Crippen LogP contribution in [0.1, 0.15) is 12.6 Å². The topological polar surface area (TPSA) is 59.6 Å².